The van der Waals surface area contributed by atoms with Crippen LogP contribution < -0.4 is 0 Å². The van der Waals surface area contributed by atoms with Crippen LogP contribution >= 0.6 is 0 Å². The molecule has 0 aromatic heterocycles. The first-order chi connectivity index (χ1) is 28.5. The predicted octanol–water partition coefficient (Wildman–Crippen LogP) is 16.4. The number of rotatable bonds is 46. The zero-order chi connectivity index (χ0) is 42.3. The Labute approximate surface area is 360 Å². The van der Waals surface area contributed by atoms with Crippen LogP contribution in [0.5, 0.6) is 0 Å². The molecule has 0 unspecified atom stereocenters. The van der Waals surface area contributed by atoms with E-state index in [2.05, 4.69) is 45.1 Å². The number of hydrogen-bond acceptors (Lipinski definition) is 6. The predicted molar refractivity (Wildman–Crippen MR) is 247 cm³/mol. The van der Waals surface area contributed by atoms with Gasteiger partial charge in [-0.15, -0.1) is 0 Å². The van der Waals surface area contributed by atoms with E-state index in [0.29, 0.717) is 19.3 Å². The highest BCUT2D eigenvalue weighted by Gasteiger charge is 2.19. The Balaban J connectivity index is 4.35. The smallest absolute Gasteiger partial charge is 0.306 e. The summed E-state index contributed by atoms with van der Waals surface area (Å²) in [4.78, 5) is 37.9. The van der Waals surface area contributed by atoms with E-state index in [1.54, 1.807) is 0 Å². The van der Waals surface area contributed by atoms with E-state index in [9.17, 15) is 14.4 Å². The summed E-state index contributed by atoms with van der Waals surface area (Å²) in [5, 5.41) is 0. The first-order valence-electron chi connectivity index (χ1n) is 25.3. The zero-order valence-electron chi connectivity index (χ0n) is 38.8. The van der Waals surface area contributed by atoms with Crippen LogP contribution in [0.1, 0.15) is 271 Å². The molecule has 0 amide bonds. The van der Waals surface area contributed by atoms with Gasteiger partial charge < -0.3 is 14.2 Å². The molecule has 0 fully saturated rings. The van der Waals surface area contributed by atoms with Crippen molar-refractivity contribution in [2.75, 3.05) is 13.2 Å². The number of ether oxygens (including phenoxy) is 3. The SMILES string of the molecule is CCCCCC/C=C\CCCCCCCCCC(=O)OC[C@H](COC(=O)CCCCCCCCCCCCCC)OC(=O)CCCCCCC/C=C\CCCCCC. The molecule has 340 valence electrons. The summed E-state index contributed by atoms with van der Waals surface area (Å²) < 4.78 is 16.8. The molecular formula is C52H96O6. The molecule has 0 rings (SSSR count). The van der Waals surface area contributed by atoms with Crippen LogP contribution in [0.4, 0.5) is 0 Å². The Kier molecular flexibility index (Phi) is 45.8. The Hall–Kier alpha value is -2.11. The van der Waals surface area contributed by atoms with Gasteiger partial charge in [-0.05, 0) is 70.6 Å². The van der Waals surface area contributed by atoms with Crippen molar-refractivity contribution in [2.24, 2.45) is 0 Å². The molecule has 0 saturated heterocycles. The molecule has 0 aromatic carbocycles. The maximum absolute atomic E-state index is 12.8. The molecule has 6 nitrogen and oxygen atoms in total. The molecule has 1 atom stereocenters. The van der Waals surface area contributed by atoms with Gasteiger partial charge in [-0.3, -0.25) is 14.4 Å². The van der Waals surface area contributed by atoms with Gasteiger partial charge in [-0.1, -0.05) is 206 Å². The molecule has 0 saturated carbocycles. The second-order valence-electron chi connectivity index (χ2n) is 17.1. The number of hydrogen-bond donors (Lipinski definition) is 0. The van der Waals surface area contributed by atoms with E-state index in [1.807, 2.05) is 0 Å². The highest BCUT2D eigenvalue weighted by atomic mass is 16.6. The molecular weight excluding hydrogens is 721 g/mol. The molecule has 0 bridgehead atoms. The maximum atomic E-state index is 12.8. The normalized spacial score (nSPS) is 12.1. The van der Waals surface area contributed by atoms with Gasteiger partial charge in [-0.25, -0.2) is 0 Å². The minimum Gasteiger partial charge on any atom is -0.462 e. The minimum atomic E-state index is -0.771. The summed E-state index contributed by atoms with van der Waals surface area (Å²) in [7, 11) is 0. The van der Waals surface area contributed by atoms with Gasteiger partial charge in [0.05, 0.1) is 0 Å². The summed E-state index contributed by atoms with van der Waals surface area (Å²) in [6.07, 6.45) is 52.9. The Morgan fingerprint density at radius 3 is 0.879 bits per heavy atom. The highest BCUT2D eigenvalue weighted by Crippen LogP contribution is 2.15. The van der Waals surface area contributed by atoms with Gasteiger partial charge in [0.2, 0.25) is 0 Å². The van der Waals surface area contributed by atoms with Crippen LogP contribution in [0, 0.1) is 0 Å². The summed E-state index contributed by atoms with van der Waals surface area (Å²) in [5.74, 6) is -0.876. The molecule has 58 heavy (non-hydrogen) atoms. The van der Waals surface area contributed by atoms with Gasteiger partial charge in [-0.2, -0.15) is 0 Å². The Morgan fingerprint density at radius 1 is 0.328 bits per heavy atom. The molecule has 0 aliphatic rings. The van der Waals surface area contributed by atoms with Gasteiger partial charge >= 0.3 is 17.9 Å². The van der Waals surface area contributed by atoms with Crippen LogP contribution in [0.2, 0.25) is 0 Å². The Bertz CT molecular complexity index is 942. The molecule has 6 heteroatoms. The third-order valence-electron chi connectivity index (χ3n) is 11.2. The summed E-state index contributed by atoms with van der Waals surface area (Å²) >= 11 is 0. The zero-order valence-corrected chi connectivity index (χ0v) is 38.8. The first-order valence-corrected chi connectivity index (χ1v) is 25.3. The van der Waals surface area contributed by atoms with Crippen molar-refractivity contribution in [1.29, 1.82) is 0 Å². The lowest BCUT2D eigenvalue weighted by atomic mass is 10.0. The maximum Gasteiger partial charge on any atom is 0.306 e. The molecule has 0 spiro atoms. The molecule has 0 aromatic rings. The quantitative estimate of drug-likeness (QED) is 0.0263. The second kappa shape index (κ2) is 47.6. The van der Waals surface area contributed by atoms with Crippen molar-refractivity contribution in [1.82, 2.24) is 0 Å². The molecule has 0 aliphatic heterocycles. The van der Waals surface area contributed by atoms with Crippen molar-refractivity contribution in [3.8, 4) is 0 Å². The van der Waals surface area contributed by atoms with E-state index in [1.165, 1.54) is 167 Å². The monoisotopic (exact) mass is 817 g/mol. The number of esters is 3. The minimum absolute atomic E-state index is 0.0724. The van der Waals surface area contributed by atoms with Crippen molar-refractivity contribution in [3.05, 3.63) is 24.3 Å². The summed E-state index contributed by atoms with van der Waals surface area (Å²) in [5.41, 5.74) is 0. The third-order valence-corrected chi connectivity index (χ3v) is 11.2. The lowest BCUT2D eigenvalue weighted by molar-refractivity contribution is -0.167. The lowest BCUT2D eigenvalue weighted by Crippen LogP contribution is -2.30. The third kappa shape index (κ3) is 45.0. The van der Waals surface area contributed by atoms with Crippen LogP contribution in [0.3, 0.4) is 0 Å². The van der Waals surface area contributed by atoms with Crippen molar-refractivity contribution in [3.63, 3.8) is 0 Å². The van der Waals surface area contributed by atoms with Crippen LogP contribution in [0.15, 0.2) is 24.3 Å². The Morgan fingerprint density at radius 2 is 0.569 bits per heavy atom. The van der Waals surface area contributed by atoms with Crippen molar-refractivity contribution in [2.45, 2.75) is 277 Å². The number of carbonyl (C=O) groups is 3. The van der Waals surface area contributed by atoms with Crippen LogP contribution in [-0.2, 0) is 28.6 Å². The molecule has 0 radical (unpaired) electrons. The van der Waals surface area contributed by atoms with Crippen LogP contribution in [0.25, 0.3) is 0 Å². The standard InChI is InChI=1S/C52H96O6/c1-4-7-10-13-16-19-22-25-26-28-30-33-36-39-42-45-51(54)57-48-49(47-56-50(53)44-41-38-35-32-29-24-21-18-15-12-9-6-3)58-52(55)46-43-40-37-34-31-27-23-20-17-14-11-8-5-2/h19-20,22-23,49H,4-18,21,24-48H2,1-3H3/b22-19-,23-20-/t49-/m0/s1. The van der Waals surface area contributed by atoms with Crippen LogP contribution in [-0.4, -0.2) is 37.2 Å². The van der Waals surface area contributed by atoms with Crippen molar-refractivity contribution >= 4 is 17.9 Å². The number of carbonyl (C=O) groups excluding carboxylic acids is 3. The van der Waals surface area contributed by atoms with Crippen molar-refractivity contribution < 1.29 is 28.6 Å². The molecule has 0 aliphatic carbocycles. The fraction of sp³-hybridized carbons (Fsp3) is 0.865. The average molecular weight is 817 g/mol. The van der Waals surface area contributed by atoms with E-state index in [0.717, 1.165) is 64.2 Å². The largest absolute Gasteiger partial charge is 0.462 e. The van der Waals surface area contributed by atoms with E-state index >= 15 is 0 Å². The topological polar surface area (TPSA) is 78.9 Å². The number of unbranched alkanes of at least 4 members (excludes halogenated alkanes) is 31. The van der Waals surface area contributed by atoms with Gasteiger partial charge in [0, 0.05) is 19.3 Å². The second-order valence-corrected chi connectivity index (χ2v) is 17.1. The fourth-order valence-electron chi connectivity index (χ4n) is 7.31. The molecule has 0 N–H and O–H groups in total. The van der Waals surface area contributed by atoms with Gasteiger partial charge in [0.15, 0.2) is 6.10 Å². The number of allylic oxidation sites excluding steroid dienone is 4. The highest BCUT2D eigenvalue weighted by molar-refractivity contribution is 5.71. The lowest BCUT2D eigenvalue weighted by Gasteiger charge is -2.18. The van der Waals surface area contributed by atoms with E-state index in [-0.39, 0.29) is 31.1 Å². The molecule has 0 heterocycles. The summed E-state index contributed by atoms with van der Waals surface area (Å²) in [6.45, 7) is 6.61. The first kappa shape index (κ1) is 55.9. The van der Waals surface area contributed by atoms with Gasteiger partial charge in [0.1, 0.15) is 13.2 Å². The van der Waals surface area contributed by atoms with E-state index < -0.39 is 6.10 Å². The summed E-state index contributed by atoms with van der Waals surface area (Å²) in [6, 6.07) is 0. The van der Waals surface area contributed by atoms with Gasteiger partial charge in [0.25, 0.3) is 0 Å². The average Bonchev–Trinajstić information content (AvgIpc) is 3.22. The van der Waals surface area contributed by atoms with E-state index in [4.69, 9.17) is 14.2 Å². The fourth-order valence-corrected chi connectivity index (χ4v) is 7.31.